The maximum Gasteiger partial charge on any atom is 0.328 e. The van der Waals surface area contributed by atoms with E-state index in [9.17, 15) is 9.46 Å². The van der Waals surface area contributed by atoms with E-state index in [1.54, 1.807) is 0 Å². The summed E-state index contributed by atoms with van der Waals surface area (Å²) >= 11 is 0. The Hall–Kier alpha value is -1.52. The lowest BCUT2D eigenvalue weighted by Gasteiger charge is -2.24. The molecule has 0 spiro atoms. The van der Waals surface area contributed by atoms with Crippen LogP contribution >= 0.6 is 7.60 Å². The first-order chi connectivity index (χ1) is 13.4. The van der Waals surface area contributed by atoms with Gasteiger partial charge in [-0.25, -0.2) is 0 Å². The highest BCUT2D eigenvalue weighted by atomic mass is 31.2. The minimum absolute atomic E-state index is 0.0692. The van der Waals surface area contributed by atoms with Gasteiger partial charge in [-0.1, -0.05) is 24.3 Å². The second kappa shape index (κ2) is 7.96. The van der Waals surface area contributed by atoms with E-state index in [1.807, 2.05) is 21.1 Å². The topological polar surface area (TPSA) is 49.5 Å². The predicted octanol–water partition coefficient (Wildman–Crippen LogP) is 4.53. The number of hydrogen-bond acceptors (Lipinski definition) is 2. The minimum Gasteiger partial charge on any atom is -0.329 e. The summed E-state index contributed by atoms with van der Waals surface area (Å²) in [4.78, 5) is 10.2. The molecule has 0 aromatic heterocycles. The molecule has 1 heterocycles. The van der Waals surface area contributed by atoms with Crippen LogP contribution in [0.3, 0.4) is 0 Å². The van der Waals surface area contributed by atoms with Gasteiger partial charge >= 0.3 is 7.60 Å². The second-order valence-corrected chi connectivity index (χ2v) is 11.6. The largest absolute Gasteiger partial charge is 0.329 e. The summed E-state index contributed by atoms with van der Waals surface area (Å²) in [5, 5.41) is 2.54. The van der Waals surface area contributed by atoms with Gasteiger partial charge in [-0.2, -0.15) is 4.58 Å². The van der Waals surface area contributed by atoms with E-state index in [0.717, 1.165) is 0 Å². The first-order valence-corrected chi connectivity index (χ1v) is 12.1. The quantitative estimate of drug-likeness (QED) is 0.389. The fourth-order valence-corrected chi connectivity index (χ4v) is 5.12. The summed E-state index contributed by atoms with van der Waals surface area (Å²) in [5.74, 6) is 0. The zero-order valence-corrected chi connectivity index (χ0v) is 19.5. The fourth-order valence-electron chi connectivity index (χ4n) is 4.08. The predicted molar refractivity (Wildman–Crippen MR) is 121 cm³/mol. The normalized spacial score (nSPS) is 18.2. The second-order valence-electron chi connectivity index (χ2n) is 9.60. The van der Waals surface area contributed by atoms with E-state index in [-0.39, 0.29) is 11.6 Å². The zero-order chi connectivity index (χ0) is 21.4. The lowest BCUT2D eigenvalue weighted by atomic mass is 9.80. The zero-order valence-electron chi connectivity index (χ0n) is 18.6. The van der Waals surface area contributed by atoms with E-state index in [1.165, 1.54) is 27.7 Å². The Kier molecular flexibility index (Phi) is 6.08. The van der Waals surface area contributed by atoms with Gasteiger partial charge in [0.05, 0.1) is 32.7 Å². The Morgan fingerprint density at radius 3 is 2.52 bits per heavy atom. The smallest absolute Gasteiger partial charge is 0.328 e. The van der Waals surface area contributed by atoms with Gasteiger partial charge in [0.2, 0.25) is 5.69 Å². The molecule has 5 nitrogen and oxygen atoms in total. The number of hydrogen-bond donors (Lipinski definition) is 1. The van der Waals surface area contributed by atoms with Crippen LogP contribution in [0.2, 0.25) is 0 Å². The van der Waals surface area contributed by atoms with Crippen molar-refractivity contribution in [2.75, 3.05) is 47.0 Å². The molecule has 3 rings (SSSR count). The van der Waals surface area contributed by atoms with E-state index in [0.29, 0.717) is 30.6 Å². The highest BCUT2D eigenvalue weighted by Crippen LogP contribution is 2.45. The molecule has 1 N–H and O–H groups in total. The van der Waals surface area contributed by atoms with Gasteiger partial charge in [0.15, 0.2) is 5.71 Å². The van der Waals surface area contributed by atoms with E-state index >= 15 is 0 Å². The molecule has 2 aromatic carbocycles. The Labute approximate surface area is 174 Å². The van der Waals surface area contributed by atoms with Crippen LogP contribution in [0, 0.1) is 0 Å². The lowest BCUT2D eigenvalue weighted by molar-refractivity contribution is -0.870. The third-order valence-electron chi connectivity index (χ3n) is 6.01. The average molecular weight is 419 g/mol. The first-order valence-electron chi connectivity index (χ1n) is 10.3. The number of fused-ring (bicyclic) bond motifs is 3. The molecule has 1 atom stereocenters. The maximum absolute atomic E-state index is 12.4. The Morgan fingerprint density at radius 2 is 1.83 bits per heavy atom. The van der Waals surface area contributed by atoms with Crippen LogP contribution in [0.5, 0.6) is 0 Å². The summed E-state index contributed by atoms with van der Waals surface area (Å²) in [6, 6.07) is 12.9. The highest BCUT2D eigenvalue weighted by molar-refractivity contribution is 7.52. The van der Waals surface area contributed by atoms with Gasteiger partial charge in [0, 0.05) is 25.0 Å². The van der Waals surface area contributed by atoms with Crippen LogP contribution < -0.4 is 0 Å². The van der Waals surface area contributed by atoms with Crippen molar-refractivity contribution in [1.82, 2.24) is 0 Å². The fraction of sp³-hybridized carbons (Fsp3) is 0.522. The monoisotopic (exact) mass is 418 g/mol. The number of nitrogens with zero attached hydrogens (tertiary/aromatic N) is 2. The molecule has 0 amide bonds. The molecule has 2 aromatic rings. The van der Waals surface area contributed by atoms with Gasteiger partial charge in [-0.3, -0.25) is 4.57 Å². The third kappa shape index (κ3) is 4.80. The van der Waals surface area contributed by atoms with Crippen molar-refractivity contribution in [3.05, 3.63) is 42.0 Å². The molecular formula is C23H35N2O3P+2. The van der Waals surface area contributed by atoms with E-state index < -0.39 is 7.60 Å². The molecule has 0 radical (unpaired) electrons. The van der Waals surface area contributed by atoms with Crippen LogP contribution in [0.4, 0.5) is 5.69 Å². The van der Waals surface area contributed by atoms with Crippen LogP contribution in [0.25, 0.3) is 10.8 Å². The Bertz CT molecular complexity index is 989. The van der Waals surface area contributed by atoms with E-state index in [4.69, 9.17) is 4.52 Å². The molecule has 1 aliphatic heterocycles. The van der Waals surface area contributed by atoms with Crippen molar-refractivity contribution in [2.24, 2.45) is 0 Å². The molecule has 0 bridgehead atoms. The van der Waals surface area contributed by atoms with Crippen molar-refractivity contribution in [3.63, 3.8) is 0 Å². The molecule has 158 valence electrons. The van der Waals surface area contributed by atoms with Gasteiger partial charge in [0.25, 0.3) is 0 Å². The van der Waals surface area contributed by atoms with Crippen LogP contribution in [0.15, 0.2) is 36.4 Å². The minimum atomic E-state index is -3.56. The van der Waals surface area contributed by atoms with Gasteiger partial charge in [0.1, 0.15) is 19.7 Å². The molecule has 1 aliphatic rings. The first kappa shape index (κ1) is 22.2. The third-order valence-corrected chi connectivity index (χ3v) is 7.48. The average Bonchev–Trinajstić information content (AvgIpc) is 2.81. The number of benzene rings is 2. The molecule has 0 aliphatic carbocycles. The maximum atomic E-state index is 12.4. The molecule has 29 heavy (non-hydrogen) atoms. The molecule has 0 fully saturated rings. The number of quaternary nitrogens is 1. The van der Waals surface area contributed by atoms with Crippen LogP contribution in [0.1, 0.15) is 32.8 Å². The summed E-state index contributed by atoms with van der Waals surface area (Å²) < 4.78 is 20.8. The van der Waals surface area contributed by atoms with Crippen molar-refractivity contribution in [3.8, 4) is 0 Å². The molecule has 0 saturated carbocycles. The molecule has 1 unspecified atom stereocenters. The van der Waals surface area contributed by atoms with E-state index in [2.05, 4.69) is 61.7 Å². The van der Waals surface area contributed by atoms with Crippen LogP contribution in [-0.4, -0.2) is 66.7 Å². The van der Waals surface area contributed by atoms with Gasteiger partial charge in [-0.15, -0.1) is 0 Å². The van der Waals surface area contributed by atoms with Crippen LogP contribution in [-0.2, 0) is 14.5 Å². The standard InChI is InChI=1S/C23H34N2O3P/c1-18-23(2,3)22-20-11-8-7-10-19(20)12-13-21(22)24(18)14-9-17-29(26,27)28-16-15-25(4,5)6/h7-8,10-13H,9,14-17H2,1-6H3/q+1/p+1. The summed E-state index contributed by atoms with van der Waals surface area (Å²) in [6.45, 7) is 8.41. The number of rotatable bonds is 8. The van der Waals surface area contributed by atoms with Crippen molar-refractivity contribution < 1.29 is 23.0 Å². The summed E-state index contributed by atoms with van der Waals surface area (Å²) in [7, 11) is 2.57. The van der Waals surface area contributed by atoms with Crippen molar-refractivity contribution in [1.29, 1.82) is 0 Å². The van der Waals surface area contributed by atoms with Crippen molar-refractivity contribution in [2.45, 2.75) is 32.6 Å². The highest BCUT2D eigenvalue weighted by Gasteiger charge is 2.44. The van der Waals surface area contributed by atoms with Crippen molar-refractivity contribution >= 4 is 29.8 Å². The molecule has 0 saturated heterocycles. The summed E-state index contributed by atoms with van der Waals surface area (Å²) in [6.07, 6.45) is 0.787. The lowest BCUT2D eigenvalue weighted by Crippen LogP contribution is -2.37. The number of likely N-dealkylation sites (N-methyl/N-ethyl adjacent to an activating group) is 1. The molecular weight excluding hydrogens is 383 g/mol. The van der Waals surface area contributed by atoms with Gasteiger partial charge in [-0.05, 0) is 30.7 Å². The molecule has 6 heteroatoms. The Balaban J connectivity index is 1.73. The Morgan fingerprint density at radius 1 is 1.14 bits per heavy atom. The van der Waals surface area contributed by atoms with Gasteiger partial charge < -0.3 is 13.9 Å². The summed E-state index contributed by atoms with van der Waals surface area (Å²) in [5.41, 5.74) is 3.77. The SMILES string of the molecule is CC1=[N+](CCCP(=O)(O)OCC[N+](C)(C)C)c2ccc3ccccc3c2C1(C)C.